The van der Waals surface area contributed by atoms with Crippen LogP contribution in [0.1, 0.15) is 109 Å². The largest absolute Gasteiger partial charge is 0.299 e. The molecular formula is C82H108N8O12S6. The van der Waals surface area contributed by atoms with E-state index >= 15 is 0 Å². The van der Waals surface area contributed by atoms with E-state index in [2.05, 4.69) is 9.80 Å². The SMILES string of the molecule is Cc1ccc(S(=O)(=O)N2CCCCN(S(=O)(=O)c3ccc(C)cc3)CCCN(S(=O)(=O)c3ccc(C)cc3)CCCN(Cc3ccccc3)CCCN(S(=O)(=O)c3ccc(C)cc3)CCCCN(S(=O)(=O)c3ccc(C)cc3)CCCN(S(=O)(=O)c3ccc(C)cc3)CCCN(Cc3ccccc3)CCC2)cc1. The lowest BCUT2D eigenvalue weighted by Gasteiger charge is -2.29. The first-order chi connectivity index (χ1) is 51.5. The van der Waals surface area contributed by atoms with Crippen molar-refractivity contribution in [3.8, 4) is 0 Å². The van der Waals surface area contributed by atoms with E-state index < -0.39 is 60.1 Å². The maximum atomic E-state index is 14.9. The third kappa shape index (κ3) is 24.1. The molecule has 9 rings (SSSR count). The summed E-state index contributed by atoms with van der Waals surface area (Å²) in [5.74, 6) is 0. The molecule has 8 aromatic carbocycles. The molecule has 0 saturated carbocycles. The van der Waals surface area contributed by atoms with E-state index in [4.69, 9.17) is 0 Å². The summed E-state index contributed by atoms with van der Waals surface area (Å²) < 4.78 is 187. The van der Waals surface area contributed by atoms with Crippen LogP contribution in [0.15, 0.2) is 236 Å². The highest BCUT2D eigenvalue weighted by molar-refractivity contribution is 7.90. The van der Waals surface area contributed by atoms with Crippen LogP contribution in [0.5, 0.6) is 0 Å². The lowest BCUT2D eigenvalue weighted by atomic mass is 10.2. The van der Waals surface area contributed by atoms with Crippen LogP contribution in [0.2, 0.25) is 0 Å². The first-order valence-electron chi connectivity index (χ1n) is 37.5. The Morgan fingerprint density at radius 3 is 0.509 bits per heavy atom. The molecule has 20 nitrogen and oxygen atoms in total. The fourth-order valence-electron chi connectivity index (χ4n) is 13.4. The Balaban J connectivity index is 1.06. The summed E-state index contributed by atoms with van der Waals surface area (Å²) in [6, 6.07) is 59.4. The molecule has 0 aromatic heterocycles. The molecule has 1 fully saturated rings. The summed E-state index contributed by atoms with van der Waals surface area (Å²) in [6.07, 6.45) is 2.73. The van der Waals surface area contributed by atoms with Crippen molar-refractivity contribution in [2.75, 3.05) is 105 Å². The molecule has 1 heterocycles. The predicted molar refractivity (Wildman–Crippen MR) is 429 cm³/mol. The zero-order chi connectivity index (χ0) is 77.5. The Morgan fingerprint density at radius 2 is 0.343 bits per heavy atom. The highest BCUT2D eigenvalue weighted by Gasteiger charge is 2.33. The van der Waals surface area contributed by atoms with Crippen LogP contribution >= 0.6 is 0 Å². The molecule has 1 saturated heterocycles. The lowest BCUT2D eigenvalue weighted by Crippen LogP contribution is -2.39. The van der Waals surface area contributed by atoms with Crippen molar-refractivity contribution in [3.63, 3.8) is 0 Å². The minimum absolute atomic E-state index is 0.00380. The quantitative estimate of drug-likeness (QED) is 0.0876. The van der Waals surface area contributed by atoms with Gasteiger partial charge in [-0.15, -0.1) is 0 Å². The van der Waals surface area contributed by atoms with Crippen molar-refractivity contribution in [2.45, 2.75) is 148 Å². The van der Waals surface area contributed by atoms with Gasteiger partial charge < -0.3 is 0 Å². The fourth-order valence-corrected chi connectivity index (χ4v) is 22.5. The van der Waals surface area contributed by atoms with Crippen molar-refractivity contribution < 1.29 is 50.5 Å². The first-order valence-corrected chi connectivity index (χ1v) is 46.1. The van der Waals surface area contributed by atoms with Gasteiger partial charge in [-0.25, -0.2) is 50.5 Å². The summed E-state index contributed by atoms with van der Waals surface area (Å²) in [4.78, 5) is 4.92. The number of hydrogen-bond donors (Lipinski definition) is 0. The second-order valence-electron chi connectivity index (χ2n) is 28.4. The van der Waals surface area contributed by atoms with Crippen molar-refractivity contribution in [3.05, 3.63) is 251 Å². The Labute approximate surface area is 645 Å². The van der Waals surface area contributed by atoms with Crippen LogP contribution in [-0.4, -0.2) is 191 Å². The minimum atomic E-state index is -4.18. The van der Waals surface area contributed by atoms with E-state index in [-0.39, 0.29) is 146 Å². The monoisotopic (exact) mass is 1590 g/mol. The van der Waals surface area contributed by atoms with E-state index in [0.717, 1.165) is 44.5 Å². The van der Waals surface area contributed by atoms with Gasteiger partial charge in [-0.05, 0) is 216 Å². The summed E-state index contributed by atoms with van der Waals surface area (Å²) in [5.41, 5.74) is 7.22. The Hall–Kier alpha value is -6.86. The topological polar surface area (TPSA) is 231 Å². The van der Waals surface area contributed by atoms with Gasteiger partial charge in [-0.1, -0.05) is 167 Å². The van der Waals surface area contributed by atoms with E-state index in [1.807, 2.05) is 102 Å². The van der Waals surface area contributed by atoms with Crippen LogP contribution < -0.4 is 0 Å². The number of hydrogen-bond acceptors (Lipinski definition) is 14. The lowest BCUT2D eigenvalue weighted by molar-refractivity contribution is 0.237. The van der Waals surface area contributed by atoms with Crippen molar-refractivity contribution in [2.24, 2.45) is 0 Å². The number of sulfonamides is 6. The summed E-state index contributed by atoms with van der Waals surface area (Å²) in [5, 5.41) is 0. The molecule has 0 atom stereocenters. The number of aryl methyl sites for hydroxylation is 6. The average molecular weight is 1590 g/mol. The molecule has 8 aromatic rings. The third-order valence-electron chi connectivity index (χ3n) is 19.7. The molecule has 108 heavy (non-hydrogen) atoms. The van der Waals surface area contributed by atoms with Gasteiger partial charge in [0.05, 0.1) is 29.4 Å². The molecule has 0 bridgehead atoms. The predicted octanol–water partition coefficient (Wildman–Crippen LogP) is 12.9. The van der Waals surface area contributed by atoms with Gasteiger partial charge in [0, 0.05) is 91.6 Å². The molecule has 0 N–H and O–H groups in total. The molecule has 26 heteroatoms. The fraction of sp³-hybridized carbons (Fsp3) is 0.415. The summed E-state index contributed by atoms with van der Waals surface area (Å²) in [6.45, 7) is 14.1. The van der Waals surface area contributed by atoms with Gasteiger partial charge in [0.1, 0.15) is 0 Å². The standard InChI is InChI=1S/C82H108N8O12S6/c1-69-27-39-77(40-28-69)103(91,92)85-55-13-15-57-87(105(95,96)79-43-31-71(3)32-44-79)63-21-65-90(108(101,102)82-49-37-74(6)38-50-82)62-20-54-84(68-76-25-11-8-12-26-76)52-18-60-86(104(93,94)78-41-29-70(2)30-42-78)56-14-16-58-88(106(97,98)80-45-33-72(4)34-46-80)64-22-66-89(107(99,100)81-47-35-73(5)36-48-81)61-19-53-83(51-17-59-85)67-75-23-9-7-10-24-75/h7-12,23-50H,13-22,51-68H2,1-6H3. The van der Waals surface area contributed by atoms with Gasteiger partial charge in [-0.2, -0.15) is 25.8 Å². The Morgan fingerprint density at radius 1 is 0.194 bits per heavy atom. The first kappa shape index (κ1) is 85.1. The van der Waals surface area contributed by atoms with Crippen molar-refractivity contribution >= 4 is 60.1 Å². The highest BCUT2D eigenvalue weighted by atomic mass is 32.2. The second-order valence-corrected chi connectivity index (χ2v) is 40.0. The molecule has 0 radical (unpaired) electrons. The molecule has 0 amide bonds. The highest BCUT2D eigenvalue weighted by Crippen LogP contribution is 2.27. The second kappa shape index (κ2) is 39.9. The van der Waals surface area contributed by atoms with Crippen LogP contribution in [-0.2, 0) is 73.2 Å². The van der Waals surface area contributed by atoms with Crippen LogP contribution in [0.3, 0.4) is 0 Å². The molecule has 0 spiro atoms. The zero-order valence-electron chi connectivity index (χ0n) is 63.4. The molecular weight excluding hydrogens is 1480 g/mol. The molecule has 1 aliphatic heterocycles. The summed E-state index contributed by atoms with van der Waals surface area (Å²) in [7, 11) is -24.9. The van der Waals surface area contributed by atoms with Gasteiger partial charge in [0.15, 0.2) is 0 Å². The molecule has 0 aliphatic carbocycles. The average Bonchev–Trinajstić information content (AvgIpc) is 0.831. The number of nitrogens with zero attached hydrogens (tertiary/aromatic N) is 8. The maximum absolute atomic E-state index is 14.9. The molecule has 0 unspecified atom stereocenters. The Kier molecular flexibility index (Phi) is 31.4. The smallest absolute Gasteiger partial charge is 0.243 e. The van der Waals surface area contributed by atoms with E-state index in [0.29, 0.717) is 65.0 Å². The van der Waals surface area contributed by atoms with Gasteiger partial charge in [0.2, 0.25) is 60.1 Å². The number of benzene rings is 8. The number of rotatable bonds is 16. The van der Waals surface area contributed by atoms with Crippen molar-refractivity contribution in [1.29, 1.82) is 0 Å². The van der Waals surface area contributed by atoms with Crippen LogP contribution in [0.25, 0.3) is 0 Å². The van der Waals surface area contributed by atoms with Crippen LogP contribution in [0, 0.1) is 41.5 Å². The van der Waals surface area contributed by atoms with Crippen LogP contribution in [0.4, 0.5) is 0 Å². The van der Waals surface area contributed by atoms with E-state index in [1.165, 1.54) is 25.8 Å². The van der Waals surface area contributed by atoms with Gasteiger partial charge >= 0.3 is 0 Å². The van der Waals surface area contributed by atoms with E-state index in [9.17, 15) is 50.5 Å². The zero-order valence-corrected chi connectivity index (χ0v) is 68.3. The van der Waals surface area contributed by atoms with E-state index in [1.54, 1.807) is 146 Å². The molecule has 1 aliphatic rings. The third-order valence-corrected chi connectivity index (χ3v) is 31.2. The van der Waals surface area contributed by atoms with Crippen molar-refractivity contribution in [1.82, 2.24) is 35.6 Å². The summed E-state index contributed by atoms with van der Waals surface area (Å²) >= 11 is 0. The Bertz CT molecular complexity index is 4530. The van der Waals surface area contributed by atoms with Gasteiger partial charge in [-0.3, -0.25) is 9.80 Å². The minimum Gasteiger partial charge on any atom is -0.299 e. The molecule has 584 valence electrons. The maximum Gasteiger partial charge on any atom is 0.243 e. The normalized spacial score (nSPS) is 17.9. The van der Waals surface area contributed by atoms with Gasteiger partial charge in [0.25, 0.3) is 0 Å².